The molecule has 4 nitrogen and oxygen atoms in total. The van der Waals surface area contributed by atoms with Crippen LogP contribution in [0.4, 0.5) is 0 Å². The highest BCUT2D eigenvalue weighted by molar-refractivity contribution is 6.30. The molecule has 0 aliphatic rings. The van der Waals surface area contributed by atoms with Crippen molar-refractivity contribution in [3.05, 3.63) is 64.7 Å². The summed E-state index contributed by atoms with van der Waals surface area (Å²) < 4.78 is 10.1. The van der Waals surface area contributed by atoms with Gasteiger partial charge in [0.2, 0.25) is 0 Å². The molecule has 0 fully saturated rings. The third-order valence-corrected chi connectivity index (χ3v) is 3.16. The highest BCUT2D eigenvalue weighted by Gasteiger charge is 2.10. The van der Waals surface area contributed by atoms with Crippen LogP contribution in [0.25, 0.3) is 0 Å². The van der Waals surface area contributed by atoms with Crippen LogP contribution in [-0.2, 0) is 9.53 Å². The molecule has 0 saturated carbocycles. The van der Waals surface area contributed by atoms with Gasteiger partial charge in [-0.2, -0.15) is 0 Å². The summed E-state index contributed by atoms with van der Waals surface area (Å²) in [6.07, 6.45) is 0. The van der Waals surface area contributed by atoms with E-state index in [1.165, 1.54) is 0 Å². The predicted octanol–water partition coefficient (Wildman–Crippen LogP) is 3.45. The van der Waals surface area contributed by atoms with Crippen molar-refractivity contribution in [2.45, 2.75) is 6.92 Å². The Bertz CT molecular complexity index is 647. The van der Waals surface area contributed by atoms with Crippen LogP contribution in [0.2, 0.25) is 5.02 Å². The van der Waals surface area contributed by atoms with Crippen molar-refractivity contribution in [1.29, 1.82) is 0 Å². The monoisotopic (exact) mass is 318 g/mol. The fourth-order valence-corrected chi connectivity index (χ4v) is 1.81. The van der Waals surface area contributed by atoms with E-state index in [2.05, 4.69) is 0 Å². The lowest BCUT2D eigenvalue weighted by atomic mass is 10.1. The summed E-state index contributed by atoms with van der Waals surface area (Å²) in [6, 6.07) is 13.7. The molecule has 0 aliphatic heterocycles. The molecule has 0 N–H and O–H groups in total. The maximum absolute atomic E-state index is 11.8. The second kappa shape index (κ2) is 7.61. The minimum Gasteiger partial charge on any atom is -0.482 e. The Morgan fingerprint density at radius 1 is 0.955 bits per heavy atom. The van der Waals surface area contributed by atoms with Gasteiger partial charge in [-0.15, -0.1) is 0 Å². The first-order valence-corrected chi connectivity index (χ1v) is 7.06. The molecule has 2 aromatic rings. The van der Waals surface area contributed by atoms with E-state index in [1.54, 1.807) is 36.4 Å². The molecule has 5 heteroatoms. The minimum absolute atomic E-state index is 0.250. The van der Waals surface area contributed by atoms with Gasteiger partial charge in [-0.3, -0.25) is 4.79 Å². The number of rotatable bonds is 6. The van der Waals surface area contributed by atoms with Crippen molar-refractivity contribution in [3.63, 3.8) is 0 Å². The molecular weight excluding hydrogens is 304 g/mol. The van der Waals surface area contributed by atoms with E-state index >= 15 is 0 Å². The molecule has 0 amide bonds. The third kappa shape index (κ3) is 4.90. The molecule has 114 valence electrons. The van der Waals surface area contributed by atoms with Gasteiger partial charge in [0, 0.05) is 10.6 Å². The van der Waals surface area contributed by atoms with Crippen LogP contribution < -0.4 is 4.74 Å². The van der Waals surface area contributed by atoms with Crippen molar-refractivity contribution >= 4 is 23.4 Å². The molecule has 0 radical (unpaired) electrons. The quantitative estimate of drug-likeness (QED) is 0.604. The Morgan fingerprint density at radius 2 is 1.59 bits per heavy atom. The van der Waals surface area contributed by atoms with Crippen LogP contribution in [0, 0.1) is 6.92 Å². The van der Waals surface area contributed by atoms with Crippen molar-refractivity contribution in [2.75, 3.05) is 13.2 Å². The number of ketones is 1. The van der Waals surface area contributed by atoms with Gasteiger partial charge in [0.25, 0.3) is 0 Å². The Labute approximate surface area is 133 Å². The summed E-state index contributed by atoms with van der Waals surface area (Å²) >= 11 is 5.74. The van der Waals surface area contributed by atoms with Crippen LogP contribution in [0.3, 0.4) is 0 Å². The van der Waals surface area contributed by atoms with Gasteiger partial charge in [0.05, 0.1) is 0 Å². The second-order valence-electron chi connectivity index (χ2n) is 4.69. The number of Topliss-reactive ketones (excluding diaryl/α,β-unsaturated/α-hetero) is 1. The normalized spacial score (nSPS) is 10.1. The molecule has 0 bridgehead atoms. The minimum atomic E-state index is -0.601. The number of aryl methyl sites for hydroxylation is 1. The molecule has 0 saturated heterocycles. The van der Waals surface area contributed by atoms with Crippen molar-refractivity contribution < 1.29 is 19.1 Å². The lowest BCUT2D eigenvalue weighted by Crippen LogP contribution is -2.19. The van der Waals surface area contributed by atoms with Crippen LogP contribution >= 0.6 is 11.6 Å². The largest absolute Gasteiger partial charge is 0.482 e. The Balaban J connectivity index is 1.76. The Morgan fingerprint density at radius 3 is 2.23 bits per heavy atom. The van der Waals surface area contributed by atoms with E-state index in [4.69, 9.17) is 21.1 Å². The van der Waals surface area contributed by atoms with E-state index < -0.39 is 5.97 Å². The fraction of sp³-hybridized carbons (Fsp3) is 0.176. The Hall–Kier alpha value is -2.33. The summed E-state index contributed by atoms with van der Waals surface area (Å²) in [6.45, 7) is 1.37. The number of carbonyl (C=O) groups excluding carboxylic acids is 2. The predicted molar refractivity (Wildman–Crippen MR) is 83.4 cm³/mol. The zero-order chi connectivity index (χ0) is 15.9. The Kier molecular flexibility index (Phi) is 5.55. The first-order chi connectivity index (χ1) is 10.5. The number of carbonyl (C=O) groups is 2. The van der Waals surface area contributed by atoms with E-state index in [0.29, 0.717) is 16.3 Å². The van der Waals surface area contributed by atoms with Crippen molar-refractivity contribution in [3.8, 4) is 5.75 Å². The lowest BCUT2D eigenvalue weighted by molar-refractivity contribution is -0.144. The highest BCUT2D eigenvalue weighted by atomic mass is 35.5. The maximum atomic E-state index is 11.8. The smallest absolute Gasteiger partial charge is 0.344 e. The fourth-order valence-electron chi connectivity index (χ4n) is 1.68. The zero-order valence-corrected chi connectivity index (χ0v) is 12.8. The van der Waals surface area contributed by atoms with E-state index in [9.17, 15) is 9.59 Å². The van der Waals surface area contributed by atoms with Crippen LogP contribution in [0.1, 0.15) is 15.9 Å². The van der Waals surface area contributed by atoms with E-state index in [1.807, 2.05) is 19.1 Å². The maximum Gasteiger partial charge on any atom is 0.344 e. The van der Waals surface area contributed by atoms with Gasteiger partial charge < -0.3 is 9.47 Å². The number of ether oxygens (including phenoxy) is 2. The molecule has 0 spiro atoms. The van der Waals surface area contributed by atoms with Gasteiger partial charge in [-0.1, -0.05) is 41.4 Å². The first-order valence-electron chi connectivity index (χ1n) is 6.68. The number of esters is 1. The van der Waals surface area contributed by atoms with Crippen molar-refractivity contribution in [2.24, 2.45) is 0 Å². The average molecular weight is 319 g/mol. The molecule has 0 unspecified atom stereocenters. The van der Waals surface area contributed by atoms with E-state index in [-0.39, 0.29) is 19.0 Å². The molecule has 0 aromatic heterocycles. The second-order valence-corrected chi connectivity index (χ2v) is 5.13. The molecule has 2 rings (SSSR count). The summed E-state index contributed by atoms with van der Waals surface area (Å²) in [4.78, 5) is 23.4. The molecular formula is C17H15ClO4. The zero-order valence-electron chi connectivity index (χ0n) is 12.0. The molecule has 0 atom stereocenters. The standard InChI is InChI=1S/C17H15ClO4/c1-12-2-4-13(5-3-12)16(19)10-22-17(20)11-21-15-8-6-14(18)7-9-15/h2-9H,10-11H2,1H3. The van der Waals surface area contributed by atoms with Gasteiger partial charge >= 0.3 is 5.97 Å². The molecule has 22 heavy (non-hydrogen) atoms. The third-order valence-electron chi connectivity index (χ3n) is 2.91. The van der Waals surface area contributed by atoms with Crippen molar-refractivity contribution in [1.82, 2.24) is 0 Å². The van der Waals surface area contributed by atoms with Gasteiger partial charge in [0.15, 0.2) is 19.0 Å². The molecule has 2 aromatic carbocycles. The first kappa shape index (κ1) is 16.0. The molecule has 0 aliphatic carbocycles. The van der Waals surface area contributed by atoms with Gasteiger partial charge in [-0.25, -0.2) is 4.79 Å². The summed E-state index contributed by atoms with van der Waals surface area (Å²) in [5, 5.41) is 0.582. The summed E-state index contributed by atoms with van der Waals surface area (Å²) in [5.74, 6) is -0.346. The SMILES string of the molecule is Cc1ccc(C(=O)COC(=O)COc2ccc(Cl)cc2)cc1. The van der Waals surface area contributed by atoms with Crippen LogP contribution in [0.15, 0.2) is 48.5 Å². The number of hydrogen-bond acceptors (Lipinski definition) is 4. The van der Waals surface area contributed by atoms with Crippen LogP contribution in [-0.4, -0.2) is 25.0 Å². The summed E-state index contributed by atoms with van der Waals surface area (Å²) in [7, 11) is 0. The van der Waals surface area contributed by atoms with Gasteiger partial charge in [-0.05, 0) is 31.2 Å². The van der Waals surface area contributed by atoms with E-state index in [0.717, 1.165) is 5.56 Å². The summed E-state index contributed by atoms with van der Waals surface area (Å²) in [5.41, 5.74) is 1.57. The van der Waals surface area contributed by atoms with Gasteiger partial charge in [0.1, 0.15) is 5.75 Å². The molecule has 0 heterocycles. The number of hydrogen-bond donors (Lipinski definition) is 0. The number of benzene rings is 2. The average Bonchev–Trinajstić information content (AvgIpc) is 2.52. The highest BCUT2D eigenvalue weighted by Crippen LogP contribution is 2.15. The topological polar surface area (TPSA) is 52.6 Å². The number of halogens is 1. The van der Waals surface area contributed by atoms with Crippen LogP contribution in [0.5, 0.6) is 5.75 Å². The lowest BCUT2D eigenvalue weighted by Gasteiger charge is -2.07.